The Labute approximate surface area is 124 Å². The highest BCUT2D eigenvalue weighted by molar-refractivity contribution is 7.09. The molecule has 2 aromatic heterocycles. The zero-order valence-corrected chi connectivity index (χ0v) is 11.9. The van der Waals surface area contributed by atoms with Crippen molar-refractivity contribution >= 4 is 28.0 Å². The number of carbonyl (C=O) groups is 1. The monoisotopic (exact) mass is 299 g/mol. The first kappa shape index (κ1) is 13.5. The molecule has 21 heavy (non-hydrogen) atoms. The molecule has 3 aromatic rings. The maximum atomic E-state index is 12.0. The number of aromatic nitrogens is 2. The Hall–Kier alpha value is -2.47. The van der Waals surface area contributed by atoms with E-state index in [1.54, 1.807) is 29.5 Å². The van der Waals surface area contributed by atoms with Crippen LogP contribution in [0.25, 0.3) is 10.8 Å². The number of benzene rings is 1. The Morgan fingerprint density at radius 2 is 2.00 bits per heavy atom. The highest BCUT2D eigenvalue weighted by atomic mass is 32.1. The van der Waals surface area contributed by atoms with Gasteiger partial charge in [-0.15, -0.1) is 11.3 Å². The van der Waals surface area contributed by atoms with Crippen LogP contribution in [0.5, 0.6) is 0 Å². The van der Waals surface area contributed by atoms with Gasteiger partial charge >= 0.3 is 0 Å². The van der Waals surface area contributed by atoms with Crippen molar-refractivity contribution in [3.05, 3.63) is 62.7 Å². The van der Waals surface area contributed by atoms with Gasteiger partial charge in [-0.3, -0.25) is 9.59 Å². The smallest absolute Gasteiger partial charge is 0.272 e. The molecule has 0 aliphatic carbocycles. The van der Waals surface area contributed by atoms with E-state index in [9.17, 15) is 9.59 Å². The van der Waals surface area contributed by atoms with Crippen LogP contribution >= 0.6 is 11.3 Å². The zero-order valence-electron chi connectivity index (χ0n) is 11.1. The van der Waals surface area contributed by atoms with Gasteiger partial charge in [0.15, 0.2) is 0 Å². The van der Waals surface area contributed by atoms with Gasteiger partial charge in [-0.25, -0.2) is 5.10 Å². The normalized spacial score (nSPS) is 10.7. The van der Waals surface area contributed by atoms with Gasteiger partial charge in [-0.2, -0.15) is 5.10 Å². The van der Waals surface area contributed by atoms with E-state index < -0.39 is 0 Å². The number of hydrogen-bond acceptors (Lipinski definition) is 4. The van der Waals surface area contributed by atoms with Crippen molar-refractivity contribution < 1.29 is 4.79 Å². The van der Waals surface area contributed by atoms with Crippen LogP contribution in [-0.4, -0.2) is 16.1 Å². The highest BCUT2D eigenvalue weighted by Gasteiger charge is 2.10. The van der Waals surface area contributed by atoms with Crippen molar-refractivity contribution in [2.24, 2.45) is 0 Å². The average Bonchev–Trinajstić information content (AvgIpc) is 3.02. The third-order valence-electron chi connectivity index (χ3n) is 3.14. The van der Waals surface area contributed by atoms with E-state index in [1.165, 1.54) is 0 Å². The van der Waals surface area contributed by atoms with Gasteiger partial charge in [0.05, 0.1) is 24.0 Å². The second-order valence-electron chi connectivity index (χ2n) is 4.58. The molecule has 0 saturated carbocycles. The number of H-pyrrole nitrogens is 1. The fourth-order valence-electron chi connectivity index (χ4n) is 2.12. The van der Waals surface area contributed by atoms with Crippen LogP contribution in [0.3, 0.4) is 0 Å². The third-order valence-corrected chi connectivity index (χ3v) is 4.02. The summed E-state index contributed by atoms with van der Waals surface area (Å²) < 4.78 is 0. The molecule has 0 unspecified atom stereocenters. The van der Waals surface area contributed by atoms with Crippen LogP contribution in [0.1, 0.15) is 10.6 Å². The minimum absolute atomic E-state index is 0.117. The molecule has 0 fully saturated rings. The highest BCUT2D eigenvalue weighted by Crippen LogP contribution is 2.13. The number of aromatic amines is 1. The lowest BCUT2D eigenvalue weighted by molar-refractivity contribution is -0.120. The van der Waals surface area contributed by atoms with E-state index in [0.29, 0.717) is 23.0 Å². The fourth-order valence-corrected chi connectivity index (χ4v) is 2.76. The van der Waals surface area contributed by atoms with Crippen LogP contribution < -0.4 is 10.9 Å². The molecule has 1 amide bonds. The van der Waals surface area contributed by atoms with Crippen molar-refractivity contribution in [2.75, 3.05) is 0 Å². The number of nitrogens with zero attached hydrogens (tertiary/aromatic N) is 1. The standard InChI is InChI=1S/C15H13N3O2S/c19-14(16-9-10-4-3-7-21-10)8-13-11-5-1-2-6-12(11)15(20)18-17-13/h1-7H,8-9H2,(H,16,19)(H,18,20). The van der Waals surface area contributed by atoms with E-state index >= 15 is 0 Å². The van der Waals surface area contributed by atoms with Crippen molar-refractivity contribution in [3.63, 3.8) is 0 Å². The summed E-state index contributed by atoms with van der Waals surface area (Å²) in [5.41, 5.74) is 0.335. The van der Waals surface area contributed by atoms with E-state index in [-0.39, 0.29) is 17.9 Å². The molecule has 0 saturated heterocycles. The second kappa shape index (κ2) is 5.88. The molecule has 3 rings (SSSR count). The zero-order chi connectivity index (χ0) is 14.7. The van der Waals surface area contributed by atoms with Crippen LogP contribution in [0, 0.1) is 0 Å². The Morgan fingerprint density at radius 3 is 2.76 bits per heavy atom. The molecule has 0 aliphatic rings. The Kier molecular flexibility index (Phi) is 3.79. The first-order chi connectivity index (χ1) is 10.2. The summed E-state index contributed by atoms with van der Waals surface area (Å²) in [6.07, 6.45) is 0.142. The molecule has 0 aliphatic heterocycles. The summed E-state index contributed by atoms with van der Waals surface area (Å²) in [4.78, 5) is 24.8. The lowest BCUT2D eigenvalue weighted by atomic mass is 10.1. The lowest BCUT2D eigenvalue weighted by Crippen LogP contribution is -2.25. The number of amides is 1. The number of nitrogens with one attached hydrogen (secondary N) is 2. The van der Waals surface area contributed by atoms with E-state index in [1.807, 2.05) is 23.6 Å². The summed E-state index contributed by atoms with van der Waals surface area (Å²) in [5, 5.41) is 12.5. The summed E-state index contributed by atoms with van der Waals surface area (Å²) in [5.74, 6) is -0.117. The topological polar surface area (TPSA) is 74.8 Å². The molecule has 0 spiro atoms. The van der Waals surface area contributed by atoms with Gasteiger partial charge in [0.25, 0.3) is 5.56 Å². The number of rotatable bonds is 4. The van der Waals surface area contributed by atoms with Gasteiger partial charge < -0.3 is 5.32 Å². The quantitative estimate of drug-likeness (QED) is 0.772. The summed E-state index contributed by atoms with van der Waals surface area (Å²) in [6, 6.07) is 11.1. The summed E-state index contributed by atoms with van der Waals surface area (Å²) in [7, 11) is 0. The summed E-state index contributed by atoms with van der Waals surface area (Å²) in [6.45, 7) is 0.512. The predicted octanol–water partition coefficient (Wildman–Crippen LogP) is 1.84. The number of hydrogen-bond donors (Lipinski definition) is 2. The Bertz CT molecular complexity index is 824. The van der Waals surface area contributed by atoms with Gasteiger partial charge in [0.2, 0.25) is 5.91 Å². The minimum Gasteiger partial charge on any atom is -0.351 e. The fraction of sp³-hybridized carbons (Fsp3) is 0.133. The van der Waals surface area contributed by atoms with Gasteiger partial charge in [0, 0.05) is 10.3 Å². The first-order valence-corrected chi connectivity index (χ1v) is 7.37. The van der Waals surface area contributed by atoms with Crippen molar-refractivity contribution in [1.29, 1.82) is 0 Å². The maximum Gasteiger partial charge on any atom is 0.272 e. The molecule has 1 aromatic carbocycles. The number of carbonyl (C=O) groups excluding carboxylic acids is 1. The molecular weight excluding hydrogens is 286 g/mol. The minimum atomic E-state index is -0.242. The third kappa shape index (κ3) is 3.00. The molecule has 6 heteroatoms. The van der Waals surface area contributed by atoms with E-state index in [0.717, 1.165) is 4.88 Å². The molecule has 0 atom stereocenters. The largest absolute Gasteiger partial charge is 0.351 e. The van der Waals surface area contributed by atoms with E-state index in [2.05, 4.69) is 15.5 Å². The second-order valence-corrected chi connectivity index (χ2v) is 5.61. The molecule has 2 N–H and O–H groups in total. The van der Waals surface area contributed by atoms with Crippen molar-refractivity contribution in [2.45, 2.75) is 13.0 Å². The average molecular weight is 299 g/mol. The molecular formula is C15H13N3O2S. The molecule has 0 bridgehead atoms. The molecule has 0 radical (unpaired) electrons. The van der Waals surface area contributed by atoms with Crippen LogP contribution in [-0.2, 0) is 17.8 Å². The van der Waals surface area contributed by atoms with Crippen LogP contribution in [0.2, 0.25) is 0 Å². The molecule has 5 nitrogen and oxygen atoms in total. The SMILES string of the molecule is O=C(Cc1n[nH]c(=O)c2ccccc12)NCc1cccs1. The molecule has 106 valence electrons. The van der Waals surface area contributed by atoms with Crippen molar-refractivity contribution in [1.82, 2.24) is 15.5 Å². The van der Waals surface area contributed by atoms with Gasteiger partial charge in [0.1, 0.15) is 0 Å². The predicted molar refractivity (Wildman–Crippen MR) is 82.2 cm³/mol. The first-order valence-electron chi connectivity index (χ1n) is 6.49. The van der Waals surface area contributed by atoms with Crippen LogP contribution in [0.15, 0.2) is 46.6 Å². The number of thiophene rings is 1. The lowest BCUT2D eigenvalue weighted by Gasteiger charge is -2.05. The van der Waals surface area contributed by atoms with Crippen LogP contribution in [0.4, 0.5) is 0 Å². The number of fused-ring (bicyclic) bond motifs is 1. The molecule has 2 heterocycles. The van der Waals surface area contributed by atoms with Gasteiger partial charge in [-0.05, 0) is 17.5 Å². The maximum absolute atomic E-state index is 12.0. The Balaban J connectivity index is 1.77. The van der Waals surface area contributed by atoms with Crippen molar-refractivity contribution in [3.8, 4) is 0 Å². The Morgan fingerprint density at radius 1 is 1.19 bits per heavy atom. The van der Waals surface area contributed by atoms with E-state index in [4.69, 9.17) is 0 Å². The van der Waals surface area contributed by atoms with Gasteiger partial charge in [-0.1, -0.05) is 24.3 Å². The summed E-state index contributed by atoms with van der Waals surface area (Å²) >= 11 is 1.60.